The second-order valence-electron chi connectivity index (χ2n) is 9.12. The van der Waals surface area contributed by atoms with Gasteiger partial charge in [-0.2, -0.15) is 0 Å². The molecule has 0 bridgehead atoms. The number of carbonyl (C=O) groups is 2. The Hall–Kier alpha value is -3.44. The van der Waals surface area contributed by atoms with Crippen LogP contribution in [0.15, 0.2) is 24.0 Å². The van der Waals surface area contributed by atoms with E-state index in [-0.39, 0.29) is 52.0 Å². The molecule has 1 aliphatic heterocycles. The zero-order valence-corrected chi connectivity index (χ0v) is 20.0. The fourth-order valence-corrected chi connectivity index (χ4v) is 5.18. The standard InChI is InChI=1S/C26H27NO9/c1-10-22(28)14(27)9-17(35-10)36-16-8-11(33-2)7-13-19(16)26(32)21-20(24(13)30)23(29)12-5-4-6-15(34-3)18(12)25(21)31/h4-7,10,14,16-17,22,28,30,32H,8-9,27H2,1-3H3. The Labute approximate surface area is 206 Å². The van der Waals surface area contributed by atoms with Crippen LogP contribution in [0.3, 0.4) is 0 Å². The van der Waals surface area contributed by atoms with Crippen LogP contribution in [0.1, 0.15) is 68.8 Å². The molecule has 5 rings (SSSR count). The minimum absolute atomic E-state index is 0.0120. The summed E-state index contributed by atoms with van der Waals surface area (Å²) in [4.78, 5) is 27.0. The SMILES string of the molecule is COC1=Cc2c(O)c3c(c(O)c2C(OC2CC(N)C(O)C(C)O2)C1)C(=O)c1c(OC)cccc1C3=O. The molecule has 0 saturated carbocycles. The molecule has 5 N–H and O–H groups in total. The molecule has 1 heterocycles. The van der Waals surface area contributed by atoms with Gasteiger partial charge in [-0.05, 0) is 19.1 Å². The number of phenolic OH excluding ortho intramolecular Hbond substituents is 2. The lowest BCUT2D eigenvalue weighted by atomic mass is 9.78. The van der Waals surface area contributed by atoms with Gasteiger partial charge in [0.05, 0.1) is 55.0 Å². The number of phenols is 2. The van der Waals surface area contributed by atoms with Crippen molar-refractivity contribution in [1.82, 2.24) is 0 Å². The van der Waals surface area contributed by atoms with E-state index in [9.17, 15) is 24.9 Å². The van der Waals surface area contributed by atoms with Crippen molar-refractivity contribution in [3.05, 3.63) is 57.3 Å². The molecule has 1 fully saturated rings. The van der Waals surface area contributed by atoms with Gasteiger partial charge in [0, 0.05) is 35.6 Å². The van der Waals surface area contributed by atoms with E-state index in [4.69, 9.17) is 24.7 Å². The highest BCUT2D eigenvalue weighted by molar-refractivity contribution is 6.31. The summed E-state index contributed by atoms with van der Waals surface area (Å²) in [5.74, 6) is -1.60. The summed E-state index contributed by atoms with van der Waals surface area (Å²) < 4.78 is 22.6. The van der Waals surface area contributed by atoms with E-state index < -0.39 is 53.7 Å². The Morgan fingerprint density at radius 2 is 1.75 bits per heavy atom. The van der Waals surface area contributed by atoms with Crippen molar-refractivity contribution in [2.45, 2.75) is 50.4 Å². The van der Waals surface area contributed by atoms with Gasteiger partial charge in [0.1, 0.15) is 17.2 Å². The van der Waals surface area contributed by atoms with Gasteiger partial charge >= 0.3 is 0 Å². The van der Waals surface area contributed by atoms with Gasteiger partial charge in [-0.3, -0.25) is 9.59 Å². The molecule has 2 aromatic carbocycles. The molecule has 2 aliphatic carbocycles. The molecule has 5 unspecified atom stereocenters. The maximum Gasteiger partial charge on any atom is 0.202 e. The van der Waals surface area contributed by atoms with E-state index in [0.29, 0.717) is 5.76 Å². The van der Waals surface area contributed by atoms with E-state index in [1.54, 1.807) is 19.1 Å². The van der Waals surface area contributed by atoms with Crippen molar-refractivity contribution in [1.29, 1.82) is 0 Å². The van der Waals surface area contributed by atoms with Crippen LogP contribution in [0.25, 0.3) is 6.08 Å². The number of aliphatic hydroxyl groups excluding tert-OH is 1. The van der Waals surface area contributed by atoms with Crippen LogP contribution < -0.4 is 10.5 Å². The lowest BCUT2D eigenvalue weighted by molar-refractivity contribution is -0.241. The van der Waals surface area contributed by atoms with Crippen LogP contribution in [0.4, 0.5) is 0 Å². The van der Waals surface area contributed by atoms with Gasteiger partial charge in [-0.1, -0.05) is 12.1 Å². The molecule has 5 atom stereocenters. The summed E-state index contributed by atoms with van der Waals surface area (Å²) in [6.45, 7) is 1.67. The Balaban J connectivity index is 1.65. The molecule has 10 nitrogen and oxygen atoms in total. The Morgan fingerprint density at radius 3 is 2.42 bits per heavy atom. The first-order valence-electron chi connectivity index (χ1n) is 11.5. The van der Waals surface area contributed by atoms with Crippen LogP contribution in [0.5, 0.6) is 17.2 Å². The number of rotatable bonds is 4. The fraction of sp³-hybridized carbons (Fsp3) is 0.385. The van der Waals surface area contributed by atoms with Crippen LogP contribution in [-0.2, 0) is 14.2 Å². The Bertz CT molecular complexity index is 1290. The quantitative estimate of drug-likeness (QED) is 0.394. The summed E-state index contributed by atoms with van der Waals surface area (Å²) >= 11 is 0. The number of hydrogen-bond acceptors (Lipinski definition) is 10. The number of aromatic hydroxyl groups is 2. The smallest absolute Gasteiger partial charge is 0.202 e. The number of hydrogen-bond donors (Lipinski definition) is 4. The number of carbonyl (C=O) groups excluding carboxylic acids is 2. The van der Waals surface area contributed by atoms with Crippen molar-refractivity contribution in [3.8, 4) is 17.2 Å². The summed E-state index contributed by atoms with van der Waals surface area (Å²) in [6, 6.07) is 4.00. The predicted molar refractivity (Wildman–Crippen MR) is 126 cm³/mol. The Kier molecular flexibility index (Phi) is 6.00. The number of fused-ring (bicyclic) bond motifs is 3. The van der Waals surface area contributed by atoms with Gasteiger partial charge in [-0.25, -0.2) is 0 Å². The first kappa shape index (κ1) is 24.3. The van der Waals surface area contributed by atoms with Gasteiger partial charge < -0.3 is 40.0 Å². The van der Waals surface area contributed by atoms with Crippen LogP contribution in [-0.4, -0.2) is 65.6 Å². The summed E-state index contributed by atoms with van der Waals surface area (Å²) in [6.07, 6.45) is -1.34. The number of benzene rings is 2. The lowest BCUT2D eigenvalue weighted by Gasteiger charge is -2.38. The highest BCUT2D eigenvalue weighted by Crippen LogP contribution is 2.51. The molecule has 1 saturated heterocycles. The van der Waals surface area contributed by atoms with Gasteiger partial charge in [0.2, 0.25) is 5.78 Å². The average molecular weight is 498 g/mol. The number of methoxy groups -OCH3 is 2. The maximum absolute atomic E-state index is 13.6. The van der Waals surface area contributed by atoms with Crippen LogP contribution in [0, 0.1) is 0 Å². The minimum atomic E-state index is -0.905. The molecule has 10 heteroatoms. The summed E-state index contributed by atoms with van der Waals surface area (Å²) in [7, 11) is 2.83. The van der Waals surface area contributed by atoms with E-state index in [1.807, 2.05) is 0 Å². The third kappa shape index (κ3) is 3.56. The van der Waals surface area contributed by atoms with Crippen molar-refractivity contribution >= 4 is 17.6 Å². The lowest BCUT2D eigenvalue weighted by Crippen LogP contribution is -2.51. The Morgan fingerprint density at radius 1 is 1.03 bits per heavy atom. The summed E-state index contributed by atoms with van der Waals surface area (Å²) in [5, 5.41) is 32.8. The topological polar surface area (TPSA) is 158 Å². The molecular formula is C26H27NO9. The zero-order valence-electron chi connectivity index (χ0n) is 20.0. The zero-order chi connectivity index (χ0) is 25.9. The van der Waals surface area contributed by atoms with Crippen molar-refractivity contribution < 1.29 is 43.9 Å². The molecule has 3 aliphatic rings. The molecule has 190 valence electrons. The number of ketones is 2. The number of ether oxygens (including phenoxy) is 4. The van der Waals surface area contributed by atoms with Crippen LogP contribution in [0.2, 0.25) is 0 Å². The molecule has 36 heavy (non-hydrogen) atoms. The molecule has 2 aromatic rings. The van der Waals surface area contributed by atoms with E-state index in [1.165, 1.54) is 26.4 Å². The highest BCUT2D eigenvalue weighted by Gasteiger charge is 2.43. The normalized spacial score (nSPS) is 27.0. The van der Waals surface area contributed by atoms with Crippen molar-refractivity contribution in [2.24, 2.45) is 5.73 Å². The number of nitrogens with two attached hydrogens (primary N) is 1. The van der Waals surface area contributed by atoms with Gasteiger partial charge in [0.15, 0.2) is 12.1 Å². The van der Waals surface area contributed by atoms with Crippen LogP contribution >= 0.6 is 0 Å². The highest BCUT2D eigenvalue weighted by atomic mass is 16.7. The molecule has 0 amide bonds. The third-order valence-electron chi connectivity index (χ3n) is 7.04. The average Bonchev–Trinajstić information content (AvgIpc) is 2.86. The third-order valence-corrected chi connectivity index (χ3v) is 7.04. The molecule has 0 spiro atoms. The summed E-state index contributed by atoms with van der Waals surface area (Å²) in [5.41, 5.74) is 5.74. The minimum Gasteiger partial charge on any atom is -0.507 e. The fourth-order valence-electron chi connectivity index (χ4n) is 5.18. The number of aliphatic hydroxyl groups is 1. The van der Waals surface area contributed by atoms with E-state index >= 15 is 0 Å². The second kappa shape index (κ2) is 8.90. The van der Waals surface area contributed by atoms with Crippen molar-refractivity contribution in [2.75, 3.05) is 14.2 Å². The first-order valence-corrected chi connectivity index (χ1v) is 11.5. The predicted octanol–water partition coefficient (Wildman–Crippen LogP) is 2.15. The van der Waals surface area contributed by atoms with E-state index in [2.05, 4.69) is 0 Å². The molecule has 0 radical (unpaired) electrons. The molecule has 0 aromatic heterocycles. The largest absolute Gasteiger partial charge is 0.507 e. The van der Waals surface area contributed by atoms with Gasteiger partial charge in [-0.15, -0.1) is 0 Å². The van der Waals surface area contributed by atoms with Gasteiger partial charge in [0.25, 0.3) is 0 Å². The molecular weight excluding hydrogens is 470 g/mol. The van der Waals surface area contributed by atoms with Crippen molar-refractivity contribution in [3.63, 3.8) is 0 Å². The monoisotopic (exact) mass is 497 g/mol. The second-order valence-corrected chi connectivity index (χ2v) is 9.12. The first-order chi connectivity index (χ1) is 17.2. The van der Waals surface area contributed by atoms with E-state index in [0.717, 1.165) is 0 Å². The maximum atomic E-state index is 13.6.